The molecule has 0 saturated heterocycles. The van der Waals surface area contributed by atoms with Crippen molar-refractivity contribution in [3.05, 3.63) is 73.2 Å². The van der Waals surface area contributed by atoms with Gasteiger partial charge in [-0.25, -0.2) is 9.18 Å². The Hall–Kier alpha value is -1.84. The number of benzene rings is 2. The lowest BCUT2D eigenvalue weighted by molar-refractivity contribution is 0.0174. The molecule has 0 N–H and O–H groups in total. The highest BCUT2D eigenvalue weighted by Gasteiger charge is 2.36. The Balaban J connectivity index is 1.83. The summed E-state index contributed by atoms with van der Waals surface area (Å²) in [7, 11) is 0. The van der Waals surface area contributed by atoms with Crippen molar-refractivity contribution in [1.29, 1.82) is 0 Å². The maximum absolute atomic E-state index is 14.7. The van der Waals surface area contributed by atoms with Gasteiger partial charge in [-0.05, 0) is 73.2 Å². The van der Waals surface area contributed by atoms with Crippen molar-refractivity contribution in [1.82, 2.24) is 14.7 Å². The molecule has 5 nitrogen and oxygen atoms in total. The lowest BCUT2D eigenvalue weighted by atomic mass is 10.0. The predicted octanol–water partition coefficient (Wildman–Crippen LogP) is 6.94. The number of rotatable bonds is 2. The van der Waals surface area contributed by atoms with E-state index in [0.717, 1.165) is 14.8 Å². The van der Waals surface area contributed by atoms with Crippen molar-refractivity contribution < 1.29 is 13.9 Å². The summed E-state index contributed by atoms with van der Waals surface area (Å²) in [5.41, 5.74) is 1.84. The topological polar surface area (TPSA) is 47.4 Å². The number of ether oxygens (including phenoxy) is 1. The van der Waals surface area contributed by atoms with Gasteiger partial charge in [0, 0.05) is 15.6 Å². The predicted molar refractivity (Wildman–Crippen MR) is 132 cm³/mol. The van der Waals surface area contributed by atoms with Crippen LogP contribution in [0.1, 0.15) is 38.1 Å². The van der Waals surface area contributed by atoms with Gasteiger partial charge in [0.05, 0.1) is 28.4 Å². The third-order valence-corrected chi connectivity index (χ3v) is 6.79. The molecule has 0 bridgehead atoms. The maximum Gasteiger partial charge on any atom is 0.410 e. The largest absolute Gasteiger partial charge is 0.444 e. The number of nitrogens with zero attached hydrogens (tertiary/aromatic N) is 3. The summed E-state index contributed by atoms with van der Waals surface area (Å²) in [5, 5.41) is 5.65. The van der Waals surface area contributed by atoms with Gasteiger partial charge in [-0.1, -0.05) is 41.4 Å². The van der Waals surface area contributed by atoms with Crippen LogP contribution in [0.3, 0.4) is 0 Å². The van der Waals surface area contributed by atoms with Crippen LogP contribution >= 0.6 is 45.8 Å². The first-order valence-corrected chi connectivity index (χ1v) is 11.8. The highest BCUT2D eigenvalue weighted by molar-refractivity contribution is 14.1. The Labute approximate surface area is 209 Å². The zero-order chi connectivity index (χ0) is 23.2. The molecule has 1 unspecified atom stereocenters. The lowest BCUT2D eigenvalue weighted by Gasteiger charge is -2.35. The molecule has 0 radical (unpaired) electrons. The number of amides is 1. The summed E-state index contributed by atoms with van der Waals surface area (Å²) in [6.07, 6.45) is -0.419. The molecule has 1 aliphatic rings. The van der Waals surface area contributed by atoms with Crippen molar-refractivity contribution in [2.45, 2.75) is 39.0 Å². The fraction of sp³-hybridized carbons (Fsp3) is 0.304. The van der Waals surface area contributed by atoms with E-state index in [2.05, 4.69) is 22.6 Å². The summed E-state index contributed by atoms with van der Waals surface area (Å²) >= 11 is 14.6. The van der Waals surface area contributed by atoms with Crippen LogP contribution in [0.25, 0.3) is 11.3 Å². The van der Waals surface area contributed by atoms with Crippen molar-refractivity contribution in [3.8, 4) is 11.3 Å². The lowest BCUT2D eigenvalue weighted by Crippen LogP contribution is -2.44. The van der Waals surface area contributed by atoms with Crippen molar-refractivity contribution in [2.75, 3.05) is 6.54 Å². The van der Waals surface area contributed by atoms with E-state index >= 15 is 0 Å². The van der Waals surface area contributed by atoms with E-state index in [1.165, 1.54) is 6.07 Å². The van der Waals surface area contributed by atoms with Crippen LogP contribution in [0.5, 0.6) is 0 Å². The van der Waals surface area contributed by atoms with Crippen LogP contribution in [-0.4, -0.2) is 32.9 Å². The molecule has 9 heteroatoms. The first-order chi connectivity index (χ1) is 15.0. The fourth-order valence-corrected chi connectivity index (χ4v) is 4.91. The van der Waals surface area contributed by atoms with Gasteiger partial charge in [0.15, 0.2) is 0 Å². The molecule has 32 heavy (non-hydrogen) atoms. The number of carbonyl (C=O) groups is 1. The molecule has 3 aromatic rings. The minimum atomic E-state index is -0.626. The van der Waals surface area contributed by atoms with Gasteiger partial charge < -0.3 is 4.74 Å². The number of aromatic nitrogens is 2. The zero-order valence-corrected chi connectivity index (χ0v) is 21.4. The first kappa shape index (κ1) is 23.3. The highest BCUT2D eigenvalue weighted by atomic mass is 127. The normalized spacial score (nSPS) is 16.1. The van der Waals surface area contributed by atoms with E-state index in [1.807, 2.05) is 43.7 Å². The molecule has 1 aromatic heterocycles. The fourth-order valence-electron chi connectivity index (χ4n) is 3.67. The zero-order valence-electron chi connectivity index (χ0n) is 17.7. The van der Waals surface area contributed by atoms with Crippen LogP contribution in [0.4, 0.5) is 9.18 Å². The number of carbonyl (C=O) groups excluding carboxylic acids is 1. The van der Waals surface area contributed by atoms with E-state index in [9.17, 15) is 9.18 Å². The molecule has 4 rings (SSSR count). The smallest absolute Gasteiger partial charge is 0.410 e. The third kappa shape index (κ3) is 4.61. The molecule has 168 valence electrons. The summed E-state index contributed by atoms with van der Waals surface area (Å²) in [4.78, 5) is 14.6. The van der Waals surface area contributed by atoms with Crippen molar-refractivity contribution in [2.24, 2.45) is 0 Å². The van der Waals surface area contributed by atoms with Crippen molar-refractivity contribution in [3.63, 3.8) is 0 Å². The van der Waals surface area contributed by atoms with E-state index < -0.39 is 17.5 Å². The maximum atomic E-state index is 14.7. The SMILES string of the molecule is CC(C)(C)OC(=O)N1Cc2c(I)c(-c3ccc(Cl)cc3F)nn2C(c2ccccc2Cl)C1. The molecule has 0 spiro atoms. The quantitative estimate of drug-likeness (QED) is 0.305. The highest BCUT2D eigenvalue weighted by Crippen LogP contribution is 2.38. The Morgan fingerprint density at radius 3 is 2.59 bits per heavy atom. The summed E-state index contributed by atoms with van der Waals surface area (Å²) in [5.74, 6) is -0.454. The standard InChI is InChI=1S/C23H21Cl2FIN3O2/c1-23(2,3)32-22(31)29-11-18(14-6-4-5-7-16(14)25)30-19(12-29)20(27)21(28-30)15-9-8-13(24)10-17(15)26/h4-10,18H,11-12H2,1-3H3. The molecular weight excluding hydrogens is 567 g/mol. The molecule has 1 amide bonds. The Bertz CT molecular complexity index is 1190. The molecule has 1 aliphatic heterocycles. The first-order valence-electron chi connectivity index (χ1n) is 10.00. The molecule has 2 aromatic carbocycles. The van der Waals surface area contributed by atoms with Crippen LogP contribution in [0, 0.1) is 9.39 Å². The molecule has 2 heterocycles. The van der Waals surface area contributed by atoms with Gasteiger partial charge in [0.1, 0.15) is 17.1 Å². The Kier molecular flexibility index (Phi) is 6.44. The van der Waals surface area contributed by atoms with E-state index in [1.54, 1.807) is 23.1 Å². The van der Waals surface area contributed by atoms with Crippen LogP contribution in [-0.2, 0) is 11.3 Å². The summed E-state index contributed by atoms with van der Waals surface area (Å²) in [6.45, 7) is 6.10. The Morgan fingerprint density at radius 1 is 1.22 bits per heavy atom. The second-order valence-electron chi connectivity index (χ2n) is 8.58. The van der Waals surface area contributed by atoms with E-state index in [-0.39, 0.29) is 12.6 Å². The van der Waals surface area contributed by atoms with Gasteiger partial charge in [-0.3, -0.25) is 9.58 Å². The molecular formula is C23H21Cl2FIN3O2. The number of hydrogen-bond donors (Lipinski definition) is 0. The summed E-state index contributed by atoms with van der Waals surface area (Å²) in [6, 6.07) is 11.6. The van der Waals surface area contributed by atoms with E-state index in [4.69, 9.17) is 33.0 Å². The van der Waals surface area contributed by atoms with Crippen LogP contribution in [0.15, 0.2) is 42.5 Å². The average Bonchev–Trinajstić information content (AvgIpc) is 3.03. The monoisotopic (exact) mass is 587 g/mol. The molecule has 0 fully saturated rings. The minimum absolute atomic E-state index is 0.288. The molecule has 0 saturated carbocycles. The number of hydrogen-bond acceptors (Lipinski definition) is 3. The molecule has 0 aliphatic carbocycles. The van der Waals surface area contributed by atoms with Gasteiger partial charge >= 0.3 is 6.09 Å². The number of fused-ring (bicyclic) bond motifs is 1. The van der Waals surface area contributed by atoms with Gasteiger partial charge in [0.2, 0.25) is 0 Å². The second kappa shape index (κ2) is 8.83. The van der Waals surface area contributed by atoms with Crippen LogP contribution < -0.4 is 0 Å². The molecule has 1 atom stereocenters. The van der Waals surface area contributed by atoms with Gasteiger partial charge in [-0.15, -0.1) is 0 Å². The summed E-state index contributed by atoms with van der Waals surface area (Å²) < 4.78 is 22.9. The minimum Gasteiger partial charge on any atom is -0.444 e. The van der Waals surface area contributed by atoms with Gasteiger partial charge in [0.25, 0.3) is 0 Å². The third-order valence-electron chi connectivity index (χ3n) is 5.08. The second-order valence-corrected chi connectivity index (χ2v) is 10.5. The average molecular weight is 588 g/mol. The van der Waals surface area contributed by atoms with Gasteiger partial charge in [-0.2, -0.15) is 5.10 Å². The van der Waals surface area contributed by atoms with Crippen molar-refractivity contribution >= 4 is 51.9 Å². The van der Waals surface area contributed by atoms with E-state index in [0.29, 0.717) is 27.8 Å². The number of halogens is 4. The Morgan fingerprint density at radius 2 is 1.94 bits per heavy atom. The van der Waals surface area contributed by atoms with Crippen LogP contribution in [0.2, 0.25) is 10.0 Å².